The maximum atomic E-state index is 12.4. The summed E-state index contributed by atoms with van der Waals surface area (Å²) >= 11 is 0. The molecule has 0 bridgehead atoms. The van der Waals surface area contributed by atoms with E-state index in [1.807, 2.05) is 6.07 Å². The lowest BCUT2D eigenvalue weighted by atomic mass is 10.2. The van der Waals surface area contributed by atoms with E-state index in [1.165, 1.54) is 7.11 Å². The molecule has 1 aliphatic rings. The van der Waals surface area contributed by atoms with Gasteiger partial charge < -0.3 is 19.9 Å². The van der Waals surface area contributed by atoms with E-state index in [-0.39, 0.29) is 5.91 Å². The van der Waals surface area contributed by atoms with Crippen LogP contribution in [0.5, 0.6) is 0 Å². The Balaban J connectivity index is 1.62. The molecule has 2 aromatic rings. The van der Waals surface area contributed by atoms with Crippen LogP contribution in [-0.2, 0) is 4.74 Å². The predicted octanol–water partition coefficient (Wildman–Crippen LogP) is 1.87. The summed E-state index contributed by atoms with van der Waals surface area (Å²) in [5, 5.41) is 2.80. The van der Waals surface area contributed by atoms with Gasteiger partial charge in [0.2, 0.25) is 0 Å². The van der Waals surface area contributed by atoms with Gasteiger partial charge in [-0.25, -0.2) is 9.78 Å². The minimum atomic E-state index is -0.411. The van der Waals surface area contributed by atoms with E-state index in [9.17, 15) is 9.59 Å². The van der Waals surface area contributed by atoms with Gasteiger partial charge in [0.15, 0.2) is 0 Å². The SMILES string of the molecule is COC(=O)c1ccc(NC(=O)c2ccc(N3CCN(C)CC3)nc2)cc1. The van der Waals surface area contributed by atoms with Crippen LogP contribution in [-0.4, -0.2) is 62.1 Å². The molecule has 7 heteroatoms. The lowest BCUT2D eigenvalue weighted by Gasteiger charge is -2.33. The van der Waals surface area contributed by atoms with E-state index in [1.54, 1.807) is 36.5 Å². The molecule has 0 spiro atoms. The molecule has 26 heavy (non-hydrogen) atoms. The molecule has 1 fully saturated rings. The second-order valence-corrected chi connectivity index (χ2v) is 6.22. The molecule has 7 nitrogen and oxygen atoms in total. The molecule has 1 amide bonds. The average Bonchev–Trinajstić information content (AvgIpc) is 2.68. The van der Waals surface area contributed by atoms with Gasteiger partial charge in [-0.1, -0.05) is 0 Å². The van der Waals surface area contributed by atoms with Crippen molar-refractivity contribution in [1.29, 1.82) is 0 Å². The van der Waals surface area contributed by atoms with E-state index < -0.39 is 5.97 Å². The molecule has 1 aromatic carbocycles. The van der Waals surface area contributed by atoms with Gasteiger partial charge in [-0.3, -0.25) is 4.79 Å². The summed E-state index contributed by atoms with van der Waals surface area (Å²) in [5.74, 6) is 0.233. The van der Waals surface area contributed by atoms with Gasteiger partial charge in [0.25, 0.3) is 5.91 Å². The lowest BCUT2D eigenvalue weighted by Crippen LogP contribution is -2.44. The van der Waals surface area contributed by atoms with Crippen molar-refractivity contribution in [2.45, 2.75) is 0 Å². The Kier molecular flexibility index (Phi) is 5.48. The molecule has 1 saturated heterocycles. The normalized spacial score (nSPS) is 14.8. The van der Waals surface area contributed by atoms with Crippen LogP contribution in [0.3, 0.4) is 0 Å². The van der Waals surface area contributed by atoms with Crippen LogP contribution in [0.25, 0.3) is 0 Å². The summed E-state index contributed by atoms with van der Waals surface area (Å²) in [6.45, 7) is 3.88. The molecular formula is C19H22N4O3. The van der Waals surface area contributed by atoms with E-state index in [0.29, 0.717) is 16.8 Å². The summed E-state index contributed by atoms with van der Waals surface area (Å²) in [4.78, 5) is 32.7. The number of carbonyl (C=O) groups is 2. The largest absolute Gasteiger partial charge is 0.465 e. The van der Waals surface area contributed by atoms with Crippen LogP contribution in [0.2, 0.25) is 0 Å². The van der Waals surface area contributed by atoms with Crippen molar-refractivity contribution in [1.82, 2.24) is 9.88 Å². The summed E-state index contributed by atoms with van der Waals surface area (Å²) in [6.07, 6.45) is 1.59. The van der Waals surface area contributed by atoms with Crippen LogP contribution in [0.1, 0.15) is 20.7 Å². The number of amides is 1. The number of rotatable bonds is 4. The lowest BCUT2D eigenvalue weighted by molar-refractivity contribution is 0.0600. The number of carbonyl (C=O) groups excluding carboxylic acids is 2. The number of nitrogens with one attached hydrogen (secondary N) is 1. The van der Waals surface area contributed by atoms with Crippen molar-refractivity contribution >= 4 is 23.4 Å². The molecule has 0 atom stereocenters. The Morgan fingerprint density at radius 1 is 1.00 bits per heavy atom. The Morgan fingerprint density at radius 2 is 1.65 bits per heavy atom. The van der Waals surface area contributed by atoms with Crippen molar-refractivity contribution in [3.63, 3.8) is 0 Å². The first kappa shape index (κ1) is 17.9. The van der Waals surface area contributed by atoms with Crippen molar-refractivity contribution in [2.75, 3.05) is 50.6 Å². The highest BCUT2D eigenvalue weighted by Crippen LogP contribution is 2.15. The van der Waals surface area contributed by atoms with Crippen molar-refractivity contribution in [2.24, 2.45) is 0 Å². The standard InChI is InChI=1S/C19H22N4O3/c1-22-9-11-23(12-10-22)17-8-5-15(13-20-17)18(24)21-16-6-3-14(4-7-16)19(25)26-2/h3-8,13H,9-12H2,1-2H3,(H,21,24). The summed E-state index contributed by atoms with van der Waals surface area (Å²) in [6, 6.07) is 10.2. The first-order valence-corrected chi connectivity index (χ1v) is 8.46. The zero-order valence-corrected chi connectivity index (χ0v) is 14.9. The predicted molar refractivity (Wildman–Crippen MR) is 99.7 cm³/mol. The maximum absolute atomic E-state index is 12.4. The van der Waals surface area contributed by atoms with Crippen LogP contribution in [0.4, 0.5) is 11.5 Å². The number of nitrogens with zero attached hydrogens (tertiary/aromatic N) is 3. The molecular weight excluding hydrogens is 332 g/mol. The monoisotopic (exact) mass is 354 g/mol. The molecule has 0 aliphatic carbocycles. The topological polar surface area (TPSA) is 74.8 Å². The quantitative estimate of drug-likeness (QED) is 0.845. The molecule has 0 unspecified atom stereocenters. The van der Waals surface area contributed by atoms with Crippen LogP contribution in [0.15, 0.2) is 42.6 Å². The minimum absolute atomic E-state index is 0.242. The third-order valence-electron chi connectivity index (χ3n) is 4.40. The van der Waals surface area contributed by atoms with Crippen LogP contribution >= 0.6 is 0 Å². The molecule has 1 aromatic heterocycles. The summed E-state index contributed by atoms with van der Waals surface area (Å²) < 4.78 is 4.65. The average molecular weight is 354 g/mol. The molecule has 3 rings (SSSR count). The van der Waals surface area contributed by atoms with Crippen molar-refractivity contribution in [3.8, 4) is 0 Å². The van der Waals surface area contributed by atoms with E-state index in [4.69, 9.17) is 0 Å². The number of ether oxygens (including phenoxy) is 1. The first-order chi connectivity index (χ1) is 12.6. The summed E-state index contributed by atoms with van der Waals surface area (Å²) in [5.41, 5.74) is 1.52. The smallest absolute Gasteiger partial charge is 0.337 e. The number of pyridine rings is 1. The van der Waals surface area contributed by atoms with Gasteiger partial charge >= 0.3 is 5.97 Å². The number of anilines is 2. The van der Waals surface area contributed by atoms with Gasteiger partial charge in [-0.2, -0.15) is 0 Å². The second kappa shape index (κ2) is 7.97. The van der Waals surface area contributed by atoms with Gasteiger partial charge in [0.1, 0.15) is 5.82 Å². The molecule has 0 radical (unpaired) electrons. The molecule has 2 heterocycles. The third-order valence-corrected chi connectivity index (χ3v) is 4.40. The van der Waals surface area contributed by atoms with E-state index in [0.717, 1.165) is 32.0 Å². The van der Waals surface area contributed by atoms with Gasteiger partial charge in [0, 0.05) is 38.1 Å². The van der Waals surface area contributed by atoms with E-state index in [2.05, 4.69) is 31.9 Å². The van der Waals surface area contributed by atoms with E-state index >= 15 is 0 Å². The minimum Gasteiger partial charge on any atom is -0.465 e. The maximum Gasteiger partial charge on any atom is 0.337 e. The third kappa shape index (κ3) is 4.18. The van der Waals surface area contributed by atoms with Crippen LogP contribution < -0.4 is 10.2 Å². The zero-order valence-electron chi connectivity index (χ0n) is 14.9. The Labute approximate surface area is 152 Å². The number of piperazine rings is 1. The fourth-order valence-electron chi connectivity index (χ4n) is 2.75. The number of likely N-dealkylation sites (N-methyl/N-ethyl adjacent to an activating group) is 1. The molecule has 0 saturated carbocycles. The van der Waals surface area contributed by atoms with Gasteiger partial charge in [-0.05, 0) is 43.4 Å². The fourth-order valence-corrected chi connectivity index (χ4v) is 2.75. The highest BCUT2D eigenvalue weighted by molar-refractivity contribution is 6.04. The number of aromatic nitrogens is 1. The van der Waals surface area contributed by atoms with Crippen LogP contribution in [0, 0.1) is 0 Å². The molecule has 136 valence electrons. The highest BCUT2D eigenvalue weighted by atomic mass is 16.5. The van der Waals surface area contributed by atoms with Gasteiger partial charge in [-0.15, -0.1) is 0 Å². The van der Waals surface area contributed by atoms with Crippen molar-refractivity contribution < 1.29 is 14.3 Å². The Morgan fingerprint density at radius 3 is 2.23 bits per heavy atom. The number of esters is 1. The Bertz CT molecular complexity index is 766. The first-order valence-electron chi connectivity index (χ1n) is 8.46. The number of hydrogen-bond donors (Lipinski definition) is 1. The second-order valence-electron chi connectivity index (χ2n) is 6.22. The Hall–Kier alpha value is -2.93. The number of benzene rings is 1. The molecule has 1 aliphatic heterocycles. The zero-order chi connectivity index (χ0) is 18.5. The van der Waals surface area contributed by atoms with Gasteiger partial charge in [0.05, 0.1) is 18.2 Å². The number of hydrogen-bond acceptors (Lipinski definition) is 6. The van der Waals surface area contributed by atoms with Crippen molar-refractivity contribution in [3.05, 3.63) is 53.7 Å². The highest BCUT2D eigenvalue weighted by Gasteiger charge is 2.16. The molecule has 1 N–H and O–H groups in total. The fraction of sp³-hybridized carbons (Fsp3) is 0.316. The summed E-state index contributed by atoms with van der Waals surface area (Å²) in [7, 11) is 3.44. The number of methoxy groups -OCH3 is 1.